The molecule has 5 atom stereocenters. The normalized spacial score (nSPS) is 29.2. The van der Waals surface area contributed by atoms with E-state index in [1.165, 1.54) is 12.8 Å². The number of nitrogens with zero attached hydrogens (tertiary/aromatic N) is 2. The van der Waals surface area contributed by atoms with Crippen LogP contribution >= 0.6 is 12.4 Å². The van der Waals surface area contributed by atoms with Gasteiger partial charge in [0.15, 0.2) is 0 Å². The number of methoxy groups -OCH3 is 1. The summed E-state index contributed by atoms with van der Waals surface area (Å²) in [6.45, 7) is 4.55. The third-order valence-corrected chi connectivity index (χ3v) is 6.13. The summed E-state index contributed by atoms with van der Waals surface area (Å²) < 4.78 is 5.36. The zero-order valence-corrected chi connectivity index (χ0v) is 15.7. The summed E-state index contributed by atoms with van der Waals surface area (Å²) in [5.41, 5.74) is 1.89. The highest BCUT2D eigenvalue weighted by Crippen LogP contribution is 2.42. The second-order valence-corrected chi connectivity index (χ2v) is 7.24. The molecule has 0 spiro atoms. The summed E-state index contributed by atoms with van der Waals surface area (Å²) in [7, 11) is 1.67. The van der Waals surface area contributed by atoms with Gasteiger partial charge in [0.25, 0.3) is 0 Å². The van der Waals surface area contributed by atoms with Crippen molar-refractivity contribution in [3.05, 3.63) is 36.0 Å². The summed E-state index contributed by atoms with van der Waals surface area (Å²) >= 11 is 0. The van der Waals surface area contributed by atoms with Crippen LogP contribution in [0.5, 0.6) is 5.75 Å². The fourth-order valence-electron chi connectivity index (χ4n) is 4.71. The van der Waals surface area contributed by atoms with Gasteiger partial charge in [-0.15, -0.1) is 12.4 Å². The molecule has 0 radical (unpaired) electrons. The molecular formula is C20H27ClN2O2. The van der Waals surface area contributed by atoms with Crippen LogP contribution < -0.4 is 4.74 Å². The molecule has 3 saturated heterocycles. The monoisotopic (exact) mass is 362 g/mol. The Hall–Kier alpha value is -1.36. The van der Waals surface area contributed by atoms with Crippen molar-refractivity contribution in [3.8, 4) is 5.75 Å². The van der Waals surface area contributed by atoms with Gasteiger partial charge >= 0.3 is 0 Å². The molecule has 3 aliphatic rings. The van der Waals surface area contributed by atoms with Gasteiger partial charge in [-0.2, -0.15) is 0 Å². The average molecular weight is 363 g/mol. The van der Waals surface area contributed by atoms with E-state index in [2.05, 4.69) is 16.8 Å². The molecule has 0 saturated carbocycles. The van der Waals surface area contributed by atoms with Crippen molar-refractivity contribution in [2.45, 2.75) is 38.3 Å². The smallest absolute Gasteiger partial charge is 0.119 e. The molecule has 0 amide bonds. The van der Waals surface area contributed by atoms with Gasteiger partial charge in [0.05, 0.1) is 18.7 Å². The first kappa shape index (κ1) is 18.4. The second kappa shape index (κ2) is 7.48. The highest BCUT2D eigenvalue weighted by atomic mass is 35.5. The molecule has 2 bridgehead atoms. The number of halogens is 1. The highest BCUT2D eigenvalue weighted by Gasteiger charge is 2.42. The first-order valence-electron chi connectivity index (χ1n) is 9.06. The number of aliphatic hydroxyl groups is 1. The molecule has 0 aliphatic carbocycles. The van der Waals surface area contributed by atoms with Crippen molar-refractivity contribution >= 4 is 23.3 Å². The number of hydrogen-bond donors (Lipinski definition) is 1. The molecule has 2 aromatic rings. The van der Waals surface area contributed by atoms with E-state index in [4.69, 9.17) is 4.74 Å². The second-order valence-electron chi connectivity index (χ2n) is 7.24. The molecular weight excluding hydrogens is 336 g/mol. The quantitative estimate of drug-likeness (QED) is 0.898. The topological polar surface area (TPSA) is 45.6 Å². The van der Waals surface area contributed by atoms with Crippen LogP contribution in [0.2, 0.25) is 0 Å². The maximum Gasteiger partial charge on any atom is 0.119 e. The minimum Gasteiger partial charge on any atom is -0.497 e. The minimum atomic E-state index is -0.469. The van der Waals surface area contributed by atoms with E-state index in [-0.39, 0.29) is 18.4 Å². The predicted molar refractivity (Wildman–Crippen MR) is 102 cm³/mol. The Labute approximate surface area is 155 Å². The van der Waals surface area contributed by atoms with Crippen LogP contribution in [0.25, 0.3) is 10.9 Å². The number of aromatic nitrogens is 1. The van der Waals surface area contributed by atoms with Crippen LogP contribution in [-0.2, 0) is 0 Å². The van der Waals surface area contributed by atoms with Crippen LogP contribution in [-0.4, -0.2) is 41.2 Å². The Morgan fingerprint density at radius 1 is 1.36 bits per heavy atom. The number of piperidine rings is 3. The van der Waals surface area contributed by atoms with Gasteiger partial charge in [0, 0.05) is 24.2 Å². The molecule has 5 heteroatoms. The van der Waals surface area contributed by atoms with Crippen LogP contribution in [0.1, 0.15) is 37.9 Å². The van der Waals surface area contributed by atoms with E-state index < -0.39 is 6.10 Å². The largest absolute Gasteiger partial charge is 0.497 e. The van der Waals surface area contributed by atoms with Crippen molar-refractivity contribution in [2.24, 2.45) is 11.8 Å². The van der Waals surface area contributed by atoms with Gasteiger partial charge in [-0.05, 0) is 61.1 Å². The lowest BCUT2D eigenvalue weighted by Crippen LogP contribution is -2.55. The number of rotatable bonds is 4. The van der Waals surface area contributed by atoms with Crippen molar-refractivity contribution < 1.29 is 9.84 Å². The van der Waals surface area contributed by atoms with E-state index in [9.17, 15) is 5.11 Å². The lowest BCUT2D eigenvalue weighted by molar-refractivity contribution is -0.0562. The summed E-state index contributed by atoms with van der Waals surface area (Å²) in [6.07, 6.45) is 4.97. The third kappa shape index (κ3) is 3.23. The van der Waals surface area contributed by atoms with Crippen LogP contribution in [0.4, 0.5) is 0 Å². The van der Waals surface area contributed by atoms with E-state index in [1.807, 2.05) is 24.3 Å². The number of hydrogen-bond acceptors (Lipinski definition) is 4. The standard InChI is InChI=1S/C20H26N2O2.ClH/c1-3-13-12-22-9-7-14(13)10-19(22)20(23)16-6-8-21-18-5-4-15(24-2)11-17(16)18;/h4-6,8,11,13-14,19-20,23H,3,7,9-10,12H2,1-2H3;1H/t13-,14+,19+,20-;/m0./s1. The number of aliphatic hydroxyl groups excluding tert-OH is 1. The van der Waals surface area contributed by atoms with Gasteiger partial charge < -0.3 is 9.84 Å². The SMILES string of the molecule is CC[C@H]1CN2CC[C@@H]1C[C@@H]2[C@@H](O)c1ccnc2ccc(OC)cc12.Cl. The van der Waals surface area contributed by atoms with Crippen LogP contribution in [0, 0.1) is 11.8 Å². The molecule has 1 aromatic heterocycles. The maximum atomic E-state index is 11.2. The number of benzene rings is 1. The minimum absolute atomic E-state index is 0. The van der Waals surface area contributed by atoms with Crippen molar-refractivity contribution in [1.82, 2.24) is 9.88 Å². The van der Waals surface area contributed by atoms with Gasteiger partial charge in [-0.1, -0.05) is 13.3 Å². The third-order valence-electron chi connectivity index (χ3n) is 6.13. The van der Waals surface area contributed by atoms with Crippen molar-refractivity contribution in [2.75, 3.05) is 20.2 Å². The predicted octanol–water partition coefficient (Wildman–Crippen LogP) is 3.82. The van der Waals surface area contributed by atoms with Crippen LogP contribution in [0.3, 0.4) is 0 Å². The Balaban J connectivity index is 0.00000182. The molecule has 4 nitrogen and oxygen atoms in total. The fourth-order valence-corrected chi connectivity index (χ4v) is 4.71. The number of fused-ring (bicyclic) bond motifs is 4. The molecule has 5 rings (SSSR count). The van der Waals surface area contributed by atoms with Gasteiger partial charge in [0.1, 0.15) is 5.75 Å². The highest BCUT2D eigenvalue weighted by molar-refractivity contribution is 5.85. The molecule has 3 aliphatic heterocycles. The first-order valence-corrected chi connectivity index (χ1v) is 9.06. The summed E-state index contributed by atoms with van der Waals surface area (Å²) in [4.78, 5) is 6.94. The summed E-state index contributed by atoms with van der Waals surface area (Å²) in [5.74, 6) is 2.37. The Morgan fingerprint density at radius 2 is 2.20 bits per heavy atom. The molecule has 25 heavy (non-hydrogen) atoms. The van der Waals surface area contributed by atoms with Crippen molar-refractivity contribution in [3.63, 3.8) is 0 Å². The van der Waals surface area contributed by atoms with Crippen LogP contribution in [0.15, 0.2) is 30.5 Å². The Bertz CT molecular complexity index is 739. The Kier molecular flexibility index (Phi) is 5.52. The van der Waals surface area contributed by atoms with E-state index >= 15 is 0 Å². The number of pyridine rings is 1. The zero-order chi connectivity index (χ0) is 16.7. The van der Waals surface area contributed by atoms with E-state index in [0.717, 1.165) is 53.6 Å². The summed E-state index contributed by atoms with van der Waals surface area (Å²) in [5, 5.41) is 12.2. The molecule has 136 valence electrons. The van der Waals surface area contributed by atoms with E-state index in [0.29, 0.717) is 0 Å². The lowest BCUT2D eigenvalue weighted by Gasteiger charge is -2.51. The molecule has 1 N–H and O–H groups in total. The van der Waals surface area contributed by atoms with Gasteiger partial charge in [0.2, 0.25) is 0 Å². The fraction of sp³-hybridized carbons (Fsp3) is 0.550. The van der Waals surface area contributed by atoms with Crippen molar-refractivity contribution in [1.29, 1.82) is 0 Å². The lowest BCUT2D eigenvalue weighted by atomic mass is 9.72. The van der Waals surface area contributed by atoms with Gasteiger partial charge in [-0.3, -0.25) is 9.88 Å². The number of ether oxygens (including phenoxy) is 1. The maximum absolute atomic E-state index is 11.2. The average Bonchev–Trinajstić information content (AvgIpc) is 2.66. The van der Waals surface area contributed by atoms with E-state index in [1.54, 1.807) is 13.3 Å². The zero-order valence-electron chi connectivity index (χ0n) is 14.9. The molecule has 4 heterocycles. The first-order chi connectivity index (χ1) is 11.7. The molecule has 1 aromatic carbocycles. The Morgan fingerprint density at radius 3 is 2.88 bits per heavy atom. The molecule has 1 unspecified atom stereocenters. The van der Waals surface area contributed by atoms with Gasteiger partial charge in [-0.25, -0.2) is 0 Å². The summed E-state index contributed by atoms with van der Waals surface area (Å²) in [6, 6.07) is 8.07. The molecule has 3 fully saturated rings.